The Morgan fingerprint density at radius 1 is 1.53 bits per heavy atom. The minimum Gasteiger partial charge on any atom is -0.508 e. The zero-order valence-corrected chi connectivity index (χ0v) is 9.47. The number of amidine groups is 1. The van der Waals surface area contributed by atoms with E-state index in [1.165, 1.54) is 6.07 Å². The maximum Gasteiger partial charge on any atom is 0.251 e. The molecule has 1 aromatic carbocycles. The fraction of sp³-hybridized carbons (Fsp3) is 0.273. The van der Waals surface area contributed by atoms with Gasteiger partial charge in [-0.3, -0.25) is 4.79 Å². The molecule has 1 amide bonds. The van der Waals surface area contributed by atoms with E-state index in [0.717, 1.165) is 0 Å². The van der Waals surface area contributed by atoms with Crippen LogP contribution in [0.2, 0.25) is 0 Å². The Morgan fingerprint density at radius 3 is 2.88 bits per heavy atom. The van der Waals surface area contributed by atoms with E-state index in [2.05, 4.69) is 10.5 Å². The average molecular weight is 237 g/mol. The number of nitrogens with zero attached hydrogens (tertiary/aromatic N) is 1. The smallest absolute Gasteiger partial charge is 0.251 e. The lowest BCUT2D eigenvalue weighted by atomic mass is 10.1. The molecule has 0 radical (unpaired) electrons. The molecule has 0 saturated heterocycles. The molecule has 92 valence electrons. The van der Waals surface area contributed by atoms with Crippen LogP contribution in [0.1, 0.15) is 22.3 Å². The molecule has 0 bridgehead atoms. The predicted octanol–water partition coefficient (Wildman–Crippen LogP) is 0.567. The number of hydrogen-bond acceptors (Lipinski definition) is 4. The number of oxime groups is 1. The highest BCUT2D eigenvalue weighted by molar-refractivity contribution is 5.96. The van der Waals surface area contributed by atoms with E-state index >= 15 is 0 Å². The van der Waals surface area contributed by atoms with Crippen molar-refractivity contribution in [1.82, 2.24) is 5.32 Å². The lowest BCUT2D eigenvalue weighted by Crippen LogP contribution is -2.28. The highest BCUT2D eigenvalue weighted by atomic mass is 16.4. The van der Waals surface area contributed by atoms with E-state index in [0.29, 0.717) is 11.1 Å². The van der Waals surface area contributed by atoms with Crippen LogP contribution in [0.5, 0.6) is 5.75 Å². The van der Waals surface area contributed by atoms with Crippen LogP contribution in [0.15, 0.2) is 23.4 Å². The van der Waals surface area contributed by atoms with E-state index in [4.69, 9.17) is 10.9 Å². The first-order valence-electron chi connectivity index (χ1n) is 5.09. The number of benzene rings is 1. The molecule has 0 aliphatic heterocycles. The lowest BCUT2D eigenvalue weighted by molar-refractivity contribution is 0.0953. The van der Waals surface area contributed by atoms with Crippen molar-refractivity contribution in [3.05, 3.63) is 29.3 Å². The normalized spacial score (nSPS) is 11.2. The van der Waals surface area contributed by atoms with E-state index in [1.807, 2.05) is 0 Å². The third kappa shape index (κ3) is 3.37. The fourth-order valence-corrected chi connectivity index (χ4v) is 1.32. The molecule has 0 aliphatic rings. The number of nitrogens with one attached hydrogen (secondary N) is 1. The second kappa shape index (κ2) is 5.74. The van der Waals surface area contributed by atoms with Gasteiger partial charge in [-0.15, -0.1) is 0 Å². The Labute approximate surface area is 98.7 Å². The summed E-state index contributed by atoms with van der Waals surface area (Å²) in [6.07, 6.45) is 0.264. The maximum absolute atomic E-state index is 11.7. The SMILES string of the molecule is Cc1c(O)cccc1C(=O)NCC/C(N)=N/O. The molecule has 0 fully saturated rings. The maximum atomic E-state index is 11.7. The first-order chi connectivity index (χ1) is 8.06. The van der Waals surface area contributed by atoms with Crippen molar-refractivity contribution in [1.29, 1.82) is 0 Å². The molecule has 0 heterocycles. The minimum atomic E-state index is -0.302. The molecule has 5 N–H and O–H groups in total. The standard InChI is InChI=1S/C11H15N3O3/c1-7-8(3-2-4-9(7)15)11(16)13-6-5-10(12)14-17/h2-4,15,17H,5-6H2,1H3,(H2,12,14)(H,13,16). The first-order valence-corrected chi connectivity index (χ1v) is 5.09. The van der Waals surface area contributed by atoms with Gasteiger partial charge in [0.25, 0.3) is 5.91 Å². The van der Waals surface area contributed by atoms with Gasteiger partial charge in [-0.25, -0.2) is 0 Å². The summed E-state index contributed by atoms with van der Waals surface area (Å²) in [5.74, 6) is -0.170. The monoisotopic (exact) mass is 237 g/mol. The van der Waals surface area contributed by atoms with Crippen LogP contribution in [-0.2, 0) is 0 Å². The Bertz CT molecular complexity index is 444. The quantitative estimate of drug-likeness (QED) is 0.265. The number of nitrogens with two attached hydrogens (primary N) is 1. The van der Waals surface area contributed by atoms with Crippen LogP contribution in [0.25, 0.3) is 0 Å². The van der Waals surface area contributed by atoms with Gasteiger partial charge < -0.3 is 21.4 Å². The number of phenols is 1. The molecular formula is C11H15N3O3. The predicted molar refractivity (Wildman–Crippen MR) is 63.2 cm³/mol. The van der Waals surface area contributed by atoms with Gasteiger partial charge >= 0.3 is 0 Å². The van der Waals surface area contributed by atoms with E-state index in [1.54, 1.807) is 19.1 Å². The Hall–Kier alpha value is -2.24. The molecule has 6 nitrogen and oxygen atoms in total. The third-order valence-corrected chi connectivity index (χ3v) is 2.34. The topological polar surface area (TPSA) is 108 Å². The molecule has 0 unspecified atom stereocenters. The Morgan fingerprint density at radius 2 is 2.24 bits per heavy atom. The summed E-state index contributed by atoms with van der Waals surface area (Å²) in [7, 11) is 0. The summed E-state index contributed by atoms with van der Waals surface area (Å²) in [4.78, 5) is 11.7. The lowest BCUT2D eigenvalue weighted by Gasteiger charge is -2.08. The van der Waals surface area contributed by atoms with E-state index < -0.39 is 0 Å². The van der Waals surface area contributed by atoms with Crippen LogP contribution in [0.3, 0.4) is 0 Å². The minimum absolute atomic E-state index is 0.0536. The van der Waals surface area contributed by atoms with Crippen LogP contribution >= 0.6 is 0 Å². The van der Waals surface area contributed by atoms with Gasteiger partial charge in [-0.1, -0.05) is 11.2 Å². The summed E-state index contributed by atoms with van der Waals surface area (Å²) in [6, 6.07) is 4.73. The van der Waals surface area contributed by atoms with Gasteiger partial charge in [0.2, 0.25) is 0 Å². The second-order valence-electron chi connectivity index (χ2n) is 3.55. The largest absolute Gasteiger partial charge is 0.508 e. The highest BCUT2D eigenvalue weighted by Crippen LogP contribution is 2.19. The van der Waals surface area contributed by atoms with Gasteiger partial charge in [0.05, 0.1) is 0 Å². The molecular weight excluding hydrogens is 222 g/mol. The van der Waals surface area contributed by atoms with Crippen LogP contribution in [0, 0.1) is 6.92 Å². The zero-order valence-electron chi connectivity index (χ0n) is 9.47. The summed E-state index contributed by atoms with van der Waals surface area (Å²) in [5, 5.41) is 23.2. The van der Waals surface area contributed by atoms with Crippen LogP contribution in [-0.4, -0.2) is 28.6 Å². The zero-order chi connectivity index (χ0) is 12.8. The summed E-state index contributed by atoms with van der Waals surface area (Å²) >= 11 is 0. The van der Waals surface area contributed by atoms with Crippen molar-refractivity contribution < 1.29 is 15.1 Å². The van der Waals surface area contributed by atoms with Crippen molar-refractivity contribution in [2.75, 3.05) is 6.54 Å². The molecule has 17 heavy (non-hydrogen) atoms. The van der Waals surface area contributed by atoms with Crippen molar-refractivity contribution in [2.24, 2.45) is 10.9 Å². The third-order valence-electron chi connectivity index (χ3n) is 2.34. The molecule has 0 saturated carbocycles. The Balaban J connectivity index is 2.62. The van der Waals surface area contributed by atoms with Gasteiger partial charge in [0.1, 0.15) is 11.6 Å². The average Bonchev–Trinajstić information content (AvgIpc) is 2.32. The van der Waals surface area contributed by atoms with Crippen molar-refractivity contribution in [3.63, 3.8) is 0 Å². The van der Waals surface area contributed by atoms with Gasteiger partial charge in [-0.05, 0) is 19.1 Å². The number of aromatic hydroxyl groups is 1. The number of phenolic OH excluding ortho intramolecular Hbond substituents is 1. The highest BCUT2D eigenvalue weighted by Gasteiger charge is 2.10. The molecule has 0 spiro atoms. The molecule has 1 aromatic rings. The number of amides is 1. The number of rotatable bonds is 4. The fourth-order valence-electron chi connectivity index (χ4n) is 1.32. The summed E-state index contributed by atoms with van der Waals surface area (Å²) in [6.45, 7) is 1.93. The molecule has 1 rings (SSSR count). The number of carbonyl (C=O) groups is 1. The number of hydrogen-bond donors (Lipinski definition) is 4. The second-order valence-corrected chi connectivity index (χ2v) is 3.55. The van der Waals surface area contributed by atoms with Crippen LogP contribution in [0.4, 0.5) is 0 Å². The van der Waals surface area contributed by atoms with Crippen molar-refractivity contribution in [3.8, 4) is 5.75 Å². The van der Waals surface area contributed by atoms with Gasteiger partial charge in [0, 0.05) is 24.1 Å². The van der Waals surface area contributed by atoms with E-state index in [-0.39, 0.29) is 30.5 Å². The van der Waals surface area contributed by atoms with E-state index in [9.17, 15) is 9.90 Å². The molecule has 0 aliphatic carbocycles. The van der Waals surface area contributed by atoms with Crippen molar-refractivity contribution in [2.45, 2.75) is 13.3 Å². The summed E-state index contributed by atoms with van der Waals surface area (Å²) < 4.78 is 0. The van der Waals surface area contributed by atoms with Crippen LogP contribution < -0.4 is 11.1 Å². The first kappa shape index (κ1) is 12.8. The molecule has 0 atom stereocenters. The molecule has 6 heteroatoms. The molecule has 0 aromatic heterocycles. The van der Waals surface area contributed by atoms with Gasteiger partial charge in [0.15, 0.2) is 0 Å². The van der Waals surface area contributed by atoms with Crippen molar-refractivity contribution >= 4 is 11.7 Å². The van der Waals surface area contributed by atoms with Gasteiger partial charge in [-0.2, -0.15) is 0 Å². The number of carbonyl (C=O) groups excluding carboxylic acids is 1. The Kier molecular flexibility index (Phi) is 4.33. The summed E-state index contributed by atoms with van der Waals surface area (Å²) in [5.41, 5.74) is 6.19.